The molecule has 2 heterocycles. The number of aromatic nitrogens is 1. The summed E-state index contributed by atoms with van der Waals surface area (Å²) in [6.45, 7) is 1.03. The summed E-state index contributed by atoms with van der Waals surface area (Å²) in [6.07, 6.45) is 4.32. The van der Waals surface area contributed by atoms with Crippen molar-refractivity contribution in [3.63, 3.8) is 0 Å². The highest BCUT2D eigenvalue weighted by Gasteiger charge is 2.18. The van der Waals surface area contributed by atoms with Crippen LogP contribution in [0.3, 0.4) is 0 Å². The van der Waals surface area contributed by atoms with Crippen molar-refractivity contribution >= 4 is 5.97 Å². The van der Waals surface area contributed by atoms with Gasteiger partial charge in [-0.25, -0.2) is 4.79 Å². The topological polar surface area (TPSA) is 81.3 Å². The molecule has 1 aromatic rings. The number of hydrogen-bond donors (Lipinski definition) is 0. The van der Waals surface area contributed by atoms with Crippen LogP contribution in [-0.2, 0) is 16.0 Å². The van der Waals surface area contributed by atoms with Crippen LogP contribution in [0, 0.1) is 11.3 Å². The number of rotatable bonds is 3. The second kappa shape index (κ2) is 6.35. The second-order valence-electron chi connectivity index (χ2n) is 4.69. The lowest BCUT2D eigenvalue weighted by molar-refractivity contribution is 0.00532. The van der Waals surface area contributed by atoms with Crippen molar-refractivity contribution in [2.45, 2.75) is 31.9 Å². The third-order valence-corrected chi connectivity index (χ3v) is 3.30. The largest absolute Gasteiger partial charge is 0.465 e. The van der Waals surface area contributed by atoms with E-state index in [-0.39, 0.29) is 17.2 Å². The maximum atomic E-state index is 12.1. The van der Waals surface area contributed by atoms with E-state index in [1.807, 2.05) is 6.07 Å². The highest BCUT2D eigenvalue weighted by molar-refractivity contribution is 5.89. The summed E-state index contributed by atoms with van der Waals surface area (Å²) in [5, 5.41) is 8.98. The molecule has 2 rings (SSSR count). The van der Waals surface area contributed by atoms with Crippen LogP contribution in [0.5, 0.6) is 0 Å². The minimum Gasteiger partial charge on any atom is -0.465 e. The number of pyridine rings is 1. The van der Waals surface area contributed by atoms with Gasteiger partial charge in [0.15, 0.2) is 0 Å². The summed E-state index contributed by atoms with van der Waals surface area (Å²) < 4.78 is 11.6. The predicted molar refractivity (Wildman–Crippen MR) is 70.3 cm³/mol. The zero-order valence-corrected chi connectivity index (χ0v) is 11.3. The fourth-order valence-corrected chi connectivity index (χ4v) is 2.25. The number of hydrogen-bond acceptors (Lipinski definition) is 5. The van der Waals surface area contributed by atoms with E-state index in [1.54, 1.807) is 0 Å². The molecule has 1 saturated heterocycles. The molecule has 1 unspecified atom stereocenters. The number of esters is 1. The second-order valence-corrected chi connectivity index (χ2v) is 4.69. The van der Waals surface area contributed by atoms with E-state index in [1.165, 1.54) is 23.9 Å². The van der Waals surface area contributed by atoms with Crippen molar-refractivity contribution in [1.82, 2.24) is 4.57 Å². The molecule has 6 heteroatoms. The molecule has 20 heavy (non-hydrogen) atoms. The quantitative estimate of drug-likeness (QED) is 0.771. The fourth-order valence-electron chi connectivity index (χ4n) is 2.25. The lowest BCUT2D eigenvalue weighted by Crippen LogP contribution is -2.32. The van der Waals surface area contributed by atoms with Crippen molar-refractivity contribution in [1.29, 1.82) is 5.26 Å². The number of carbonyl (C=O) groups is 1. The Morgan fingerprint density at radius 3 is 3.00 bits per heavy atom. The molecule has 1 aliphatic rings. The molecule has 1 atom stereocenters. The first kappa shape index (κ1) is 14.3. The minimum atomic E-state index is -0.570. The van der Waals surface area contributed by atoms with E-state index >= 15 is 0 Å². The van der Waals surface area contributed by atoms with Gasteiger partial charge in [0, 0.05) is 12.8 Å². The van der Waals surface area contributed by atoms with Crippen LogP contribution in [0.25, 0.3) is 0 Å². The van der Waals surface area contributed by atoms with Crippen LogP contribution < -0.4 is 5.56 Å². The van der Waals surface area contributed by atoms with E-state index in [0.29, 0.717) is 13.2 Å². The SMILES string of the molecule is COC(=O)c1cc(C#N)c(=O)n(CC2CCCCO2)c1. The Kier molecular flexibility index (Phi) is 4.53. The number of carbonyl (C=O) groups excluding carboxylic acids is 1. The maximum Gasteiger partial charge on any atom is 0.339 e. The maximum absolute atomic E-state index is 12.1. The monoisotopic (exact) mass is 276 g/mol. The summed E-state index contributed by atoms with van der Waals surface area (Å²) >= 11 is 0. The van der Waals surface area contributed by atoms with Crippen LogP contribution in [-0.4, -0.2) is 30.4 Å². The number of nitriles is 1. The van der Waals surface area contributed by atoms with E-state index < -0.39 is 11.5 Å². The Bertz CT molecular complexity index is 594. The molecule has 6 nitrogen and oxygen atoms in total. The third-order valence-electron chi connectivity index (χ3n) is 3.30. The Labute approximate surface area is 116 Å². The molecule has 0 spiro atoms. The lowest BCUT2D eigenvalue weighted by Gasteiger charge is -2.23. The number of ether oxygens (including phenoxy) is 2. The van der Waals surface area contributed by atoms with Gasteiger partial charge in [0.25, 0.3) is 5.56 Å². The molecular weight excluding hydrogens is 260 g/mol. The normalized spacial score (nSPS) is 18.3. The Morgan fingerprint density at radius 1 is 1.60 bits per heavy atom. The van der Waals surface area contributed by atoms with E-state index in [9.17, 15) is 9.59 Å². The summed E-state index contributed by atoms with van der Waals surface area (Å²) in [5.74, 6) is -0.570. The van der Waals surface area contributed by atoms with Crippen molar-refractivity contribution < 1.29 is 14.3 Å². The van der Waals surface area contributed by atoms with Crippen LogP contribution in [0.15, 0.2) is 17.1 Å². The Hall–Kier alpha value is -2.13. The van der Waals surface area contributed by atoms with Gasteiger partial charge in [0.1, 0.15) is 11.6 Å². The zero-order valence-electron chi connectivity index (χ0n) is 11.3. The zero-order chi connectivity index (χ0) is 14.5. The van der Waals surface area contributed by atoms with Gasteiger partial charge >= 0.3 is 5.97 Å². The predicted octanol–water partition coefficient (Wildman–Crippen LogP) is 1.08. The smallest absolute Gasteiger partial charge is 0.339 e. The molecule has 0 aliphatic carbocycles. The molecule has 0 radical (unpaired) electrons. The molecule has 1 fully saturated rings. The molecule has 0 saturated carbocycles. The number of methoxy groups -OCH3 is 1. The van der Waals surface area contributed by atoms with E-state index in [4.69, 9.17) is 10.00 Å². The first-order valence-electron chi connectivity index (χ1n) is 6.50. The van der Waals surface area contributed by atoms with Gasteiger partial charge in [-0.3, -0.25) is 4.79 Å². The molecule has 1 aromatic heterocycles. The highest BCUT2D eigenvalue weighted by Crippen LogP contribution is 2.14. The van der Waals surface area contributed by atoms with Crippen LogP contribution in [0.1, 0.15) is 35.2 Å². The highest BCUT2D eigenvalue weighted by atomic mass is 16.5. The van der Waals surface area contributed by atoms with E-state index in [0.717, 1.165) is 19.3 Å². The minimum absolute atomic E-state index is 0.0547. The van der Waals surface area contributed by atoms with Gasteiger partial charge in [-0.15, -0.1) is 0 Å². The Morgan fingerprint density at radius 2 is 2.40 bits per heavy atom. The van der Waals surface area contributed by atoms with Gasteiger partial charge in [-0.1, -0.05) is 0 Å². The molecule has 106 valence electrons. The van der Waals surface area contributed by atoms with Crippen LogP contribution in [0.4, 0.5) is 0 Å². The van der Waals surface area contributed by atoms with Crippen LogP contribution >= 0.6 is 0 Å². The molecule has 0 aromatic carbocycles. The van der Waals surface area contributed by atoms with E-state index in [2.05, 4.69) is 4.74 Å². The average Bonchev–Trinajstić information content (AvgIpc) is 2.49. The molecule has 1 aliphatic heterocycles. The molecular formula is C14H16N2O4. The summed E-state index contributed by atoms with van der Waals surface area (Å²) in [4.78, 5) is 23.6. The average molecular weight is 276 g/mol. The van der Waals surface area contributed by atoms with Crippen molar-refractivity contribution in [3.8, 4) is 6.07 Å². The van der Waals surface area contributed by atoms with Crippen molar-refractivity contribution in [3.05, 3.63) is 33.7 Å². The van der Waals surface area contributed by atoms with Gasteiger partial charge in [0.05, 0.1) is 25.3 Å². The Balaban J connectivity index is 2.33. The third kappa shape index (κ3) is 3.06. The molecule has 0 N–H and O–H groups in total. The fraction of sp³-hybridized carbons (Fsp3) is 0.500. The van der Waals surface area contributed by atoms with Crippen molar-refractivity contribution in [2.75, 3.05) is 13.7 Å². The summed E-state index contributed by atoms with van der Waals surface area (Å²) in [7, 11) is 1.26. The van der Waals surface area contributed by atoms with Gasteiger partial charge in [-0.2, -0.15) is 5.26 Å². The van der Waals surface area contributed by atoms with Crippen molar-refractivity contribution in [2.24, 2.45) is 0 Å². The summed E-state index contributed by atoms with van der Waals surface area (Å²) in [6, 6.07) is 3.07. The van der Waals surface area contributed by atoms with Gasteiger partial charge < -0.3 is 14.0 Å². The van der Waals surface area contributed by atoms with Crippen LogP contribution in [0.2, 0.25) is 0 Å². The summed E-state index contributed by atoms with van der Waals surface area (Å²) in [5.41, 5.74) is -0.280. The first-order valence-corrected chi connectivity index (χ1v) is 6.50. The molecule has 0 amide bonds. The van der Waals surface area contributed by atoms with Gasteiger partial charge in [0.2, 0.25) is 0 Å². The lowest BCUT2D eigenvalue weighted by atomic mass is 10.1. The number of nitrogens with zero attached hydrogens (tertiary/aromatic N) is 2. The molecule has 0 bridgehead atoms. The first-order chi connectivity index (χ1) is 9.65. The standard InChI is InChI=1S/C14H16N2O4/c1-19-14(18)11-6-10(7-15)13(17)16(8-11)9-12-4-2-3-5-20-12/h6,8,12H,2-5,9H2,1H3. The van der Waals surface area contributed by atoms with Gasteiger partial charge in [-0.05, 0) is 25.3 Å².